The van der Waals surface area contributed by atoms with E-state index in [1.807, 2.05) is 24.3 Å². The summed E-state index contributed by atoms with van der Waals surface area (Å²) in [6.45, 7) is 32.1. The van der Waals surface area contributed by atoms with Gasteiger partial charge in [0.15, 0.2) is 0 Å². The summed E-state index contributed by atoms with van der Waals surface area (Å²) in [5.41, 5.74) is 4.66. The second-order valence-corrected chi connectivity index (χ2v) is 19.2. The number of rotatable bonds is 13. The first kappa shape index (κ1) is 42.1. The van der Waals surface area contributed by atoms with Crippen LogP contribution in [0.15, 0.2) is 24.3 Å². The second kappa shape index (κ2) is 15.9. The maximum atomic E-state index is 12.7. The number of hydrogen-bond donors (Lipinski definition) is 2. The summed E-state index contributed by atoms with van der Waals surface area (Å²) in [5, 5.41) is 22.0. The van der Waals surface area contributed by atoms with Gasteiger partial charge in [-0.15, -0.1) is 0 Å². The van der Waals surface area contributed by atoms with Crippen molar-refractivity contribution in [2.45, 2.75) is 164 Å². The normalized spacial score (nSPS) is 13.7. The molecule has 0 saturated heterocycles. The number of ether oxygens (including phenoxy) is 2. The Labute approximate surface area is 298 Å². The molecule has 276 valence electrons. The van der Waals surface area contributed by atoms with Gasteiger partial charge in [-0.1, -0.05) is 128 Å². The fourth-order valence-electron chi connectivity index (χ4n) is 6.38. The molecule has 0 spiro atoms. The summed E-state index contributed by atoms with van der Waals surface area (Å²) >= 11 is 0. The van der Waals surface area contributed by atoms with E-state index in [0.29, 0.717) is 44.0 Å². The maximum absolute atomic E-state index is 12.7. The summed E-state index contributed by atoms with van der Waals surface area (Å²) in [6.07, 6.45) is 3.22. The summed E-state index contributed by atoms with van der Waals surface area (Å²) in [5.74, 6) is 0.399. The van der Waals surface area contributed by atoms with Crippen LogP contribution in [0.2, 0.25) is 0 Å². The van der Waals surface area contributed by atoms with Gasteiger partial charge in [-0.25, -0.2) is 0 Å². The minimum Gasteiger partial charge on any atom is -0.507 e. The zero-order valence-electron chi connectivity index (χ0n) is 33.6. The third-order valence-electron chi connectivity index (χ3n) is 9.28. The number of benzene rings is 2. The molecule has 0 aliphatic carbocycles. The van der Waals surface area contributed by atoms with Gasteiger partial charge in [-0.05, 0) is 92.1 Å². The first-order valence-electron chi connectivity index (χ1n) is 18.2. The van der Waals surface area contributed by atoms with Gasteiger partial charge >= 0.3 is 11.9 Å². The molecule has 0 aliphatic rings. The van der Waals surface area contributed by atoms with Crippen molar-refractivity contribution in [3.05, 3.63) is 57.6 Å². The minimum atomic E-state index is -0.224. The molecule has 0 fully saturated rings. The number of phenolic OH excluding ortho intramolecular Hbond substituents is 2. The zero-order valence-corrected chi connectivity index (χ0v) is 33.6. The lowest BCUT2D eigenvalue weighted by Crippen LogP contribution is -2.22. The Kier molecular flexibility index (Phi) is 13.7. The average Bonchev–Trinajstić information content (AvgIpc) is 2.92. The highest BCUT2D eigenvalue weighted by Crippen LogP contribution is 2.41. The van der Waals surface area contributed by atoms with Crippen LogP contribution < -0.4 is 0 Å². The number of aryl methyl sites for hydroxylation is 2. The number of hydrogen-bond acceptors (Lipinski definition) is 6. The van der Waals surface area contributed by atoms with Crippen LogP contribution in [-0.4, -0.2) is 35.4 Å². The summed E-state index contributed by atoms with van der Waals surface area (Å²) in [6, 6.07) is 8.09. The Balaban J connectivity index is 1.86. The van der Waals surface area contributed by atoms with Crippen LogP contribution >= 0.6 is 0 Å². The molecule has 2 aromatic rings. The van der Waals surface area contributed by atoms with Crippen molar-refractivity contribution in [1.29, 1.82) is 0 Å². The molecule has 49 heavy (non-hydrogen) atoms. The van der Waals surface area contributed by atoms with E-state index in [1.165, 1.54) is 0 Å². The van der Waals surface area contributed by atoms with Crippen molar-refractivity contribution in [3.8, 4) is 11.5 Å². The van der Waals surface area contributed by atoms with Crippen molar-refractivity contribution >= 4 is 11.9 Å². The van der Waals surface area contributed by atoms with Crippen LogP contribution in [0.4, 0.5) is 0 Å². The molecular formula is C43H68O6. The molecular weight excluding hydrogens is 612 g/mol. The number of aromatic hydroxyl groups is 2. The van der Waals surface area contributed by atoms with Crippen LogP contribution in [0.3, 0.4) is 0 Å². The van der Waals surface area contributed by atoms with Crippen molar-refractivity contribution in [1.82, 2.24) is 0 Å². The van der Waals surface area contributed by atoms with E-state index in [2.05, 4.69) is 104 Å². The molecule has 6 nitrogen and oxygen atoms in total. The molecule has 0 aliphatic heterocycles. The third kappa shape index (κ3) is 13.0. The lowest BCUT2D eigenvalue weighted by molar-refractivity contribution is -0.146. The molecule has 1 unspecified atom stereocenters. The van der Waals surface area contributed by atoms with Gasteiger partial charge in [0.1, 0.15) is 11.5 Å². The van der Waals surface area contributed by atoms with Crippen molar-refractivity contribution in [2.75, 3.05) is 13.2 Å². The molecule has 2 N–H and O–H groups in total. The van der Waals surface area contributed by atoms with Gasteiger partial charge in [0, 0.05) is 12.8 Å². The van der Waals surface area contributed by atoms with E-state index in [0.717, 1.165) is 39.8 Å². The predicted molar refractivity (Wildman–Crippen MR) is 202 cm³/mol. The molecule has 0 aromatic heterocycles. The Morgan fingerprint density at radius 1 is 0.592 bits per heavy atom. The molecule has 0 bridgehead atoms. The van der Waals surface area contributed by atoms with E-state index < -0.39 is 0 Å². The van der Waals surface area contributed by atoms with E-state index in [1.54, 1.807) is 0 Å². The predicted octanol–water partition coefficient (Wildman–Crippen LogP) is 10.4. The second-order valence-electron chi connectivity index (χ2n) is 19.2. The molecule has 2 rings (SSSR count). The topological polar surface area (TPSA) is 93.1 Å². The average molecular weight is 681 g/mol. The van der Waals surface area contributed by atoms with E-state index in [9.17, 15) is 19.8 Å². The number of carbonyl (C=O) groups excluding carboxylic acids is 2. The first-order valence-corrected chi connectivity index (χ1v) is 18.2. The molecule has 0 amide bonds. The van der Waals surface area contributed by atoms with E-state index in [4.69, 9.17) is 9.47 Å². The number of carbonyl (C=O) groups is 2. The molecule has 0 heterocycles. The monoisotopic (exact) mass is 681 g/mol. The fourth-order valence-corrected chi connectivity index (χ4v) is 6.38. The Bertz CT molecular complexity index is 1370. The highest BCUT2D eigenvalue weighted by molar-refractivity contribution is 5.70. The quantitative estimate of drug-likeness (QED) is 0.205. The SMILES string of the molecule is CC(COC(=O)CCc1cc(C(C)(C)C)c(O)c(C(C)(C)C)c1)CC(C)(C)CCOC(=O)CCc1cc(C(C)(C)C)c(O)c(C(C)(C)C)c1. The molecule has 6 heteroatoms. The van der Waals surface area contributed by atoms with Crippen molar-refractivity contribution < 1.29 is 29.3 Å². The molecule has 1 atom stereocenters. The standard InChI is InChI=1S/C43H68O6/c1-28(27-49-36(45)19-17-30-24-33(41(8,9)10)38(47)34(25-30)42(11,12)13)26-43(14,15)20-21-48-35(44)18-16-29-22-31(39(2,3)4)37(46)32(23-29)40(5,6)7/h22-25,28,46-47H,16-21,26-27H2,1-15H3. The Hall–Kier alpha value is -3.02. The zero-order chi connectivity index (χ0) is 37.8. The van der Waals surface area contributed by atoms with Gasteiger partial charge in [0.2, 0.25) is 0 Å². The largest absolute Gasteiger partial charge is 0.507 e. The summed E-state index contributed by atoms with van der Waals surface area (Å²) in [4.78, 5) is 25.4. The number of phenols is 2. The highest BCUT2D eigenvalue weighted by atomic mass is 16.5. The van der Waals surface area contributed by atoms with E-state index >= 15 is 0 Å². The molecule has 0 radical (unpaired) electrons. The number of esters is 2. The highest BCUT2D eigenvalue weighted by Gasteiger charge is 2.28. The van der Waals surface area contributed by atoms with Gasteiger partial charge in [-0.2, -0.15) is 0 Å². The summed E-state index contributed by atoms with van der Waals surface area (Å²) in [7, 11) is 0. The smallest absolute Gasteiger partial charge is 0.306 e. The Morgan fingerprint density at radius 3 is 1.24 bits per heavy atom. The maximum Gasteiger partial charge on any atom is 0.306 e. The van der Waals surface area contributed by atoms with Gasteiger partial charge in [0.25, 0.3) is 0 Å². The van der Waals surface area contributed by atoms with Crippen molar-refractivity contribution in [2.24, 2.45) is 11.3 Å². The van der Waals surface area contributed by atoms with Gasteiger partial charge < -0.3 is 19.7 Å². The van der Waals surface area contributed by atoms with Gasteiger partial charge in [-0.3, -0.25) is 9.59 Å². The van der Waals surface area contributed by atoms with Crippen LogP contribution in [0.25, 0.3) is 0 Å². The molecule has 2 aromatic carbocycles. The minimum absolute atomic E-state index is 0.0922. The lowest BCUT2D eigenvalue weighted by atomic mass is 9.78. The van der Waals surface area contributed by atoms with Crippen LogP contribution in [0.5, 0.6) is 11.5 Å². The van der Waals surface area contributed by atoms with Crippen LogP contribution in [0.1, 0.15) is 163 Å². The van der Waals surface area contributed by atoms with Crippen LogP contribution in [0, 0.1) is 11.3 Å². The lowest BCUT2D eigenvalue weighted by Gasteiger charge is -2.28. The third-order valence-corrected chi connectivity index (χ3v) is 9.28. The summed E-state index contributed by atoms with van der Waals surface area (Å²) < 4.78 is 11.3. The Morgan fingerprint density at radius 2 is 0.918 bits per heavy atom. The first-order chi connectivity index (χ1) is 22.1. The van der Waals surface area contributed by atoms with Gasteiger partial charge in [0.05, 0.1) is 13.2 Å². The fraction of sp³-hybridized carbons (Fsp3) is 0.674. The van der Waals surface area contributed by atoms with E-state index in [-0.39, 0.29) is 57.8 Å². The van der Waals surface area contributed by atoms with Crippen molar-refractivity contribution in [3.63, 3.8) is 0 Å². The molecule has 0 saturated carbocycles. The van der Waals surface area contributed by atoms with Crippen LogP contribution in [-0.2, 0) is 53.6 Å².